The summed E-state index contributed by atoms with van der Waals surface area (Å²) in [4.78, 5) is 1.77. The van der Waals surface area contributed by atoms with E-state index in [2.05, 4.69) is 13.2 Å². The molecule has 20 heavy (non-hydrogen) atoms. The second-order valence-corrected chi connectivity index (χ2v) is 4.44. The lowest BCUT2D eigenvalue weighted by Crippen LogP contribution is -2.42. The number of aliphatic hydroxyl groups is 3. The lowest BCUT2D eigenvalue weighted by atomic mass is 10.3. The Kier molecular flexibility index (Phi) is 12.7. The van der Waals surface area contributed by atoms with Crippen LogP contribution in [-0.2, 0) is 9.47 Å². The van der Waals surface area contributed by atoms with Gasteiger partial charge in [0.1, 0.15) is 0 Å². The Morgan fingerprint density at radius 2 is 1.40 bits per heavy atom. The molecule has 0 spiro atoms. The van der Waals surface area contributed by atoms with E-state index < -0.39 is 12.2 Å². The molecular formula is C14H27NO5. The van der Waals surface area contributed by atoms with Crippen molar-refractivity contribution in [2.24, 2.45) is 0 Å². The molecule has 118 valence electrons. The van der Waals surface area contributed by atoms with Crippen LogP contribution in [0.25, 0.3) is 0 Å². The van der Waals surface area contributed by atoms with Crippen LogP contribution >= 0.6 is 0 Å². The van der Waals surface area contributed by atoms with Gasteiger partial charge in [-0.05, 0) is 0 Å². The zero-order chi connectivity index (χ0) is 15.2. The fourth-order valence-electron chi connectivity index (χ4n) is 1.67. The Balaban J connectivity index is 3.99. The van der Waals surface area contributed by atoms with Crippen LogP contribution in [0, 0.1) is 0 Å². The van der Waals surface area contributed by atoms with Crippen molar-refractivity contribution in [2.75, 3.05) is 52.7 Å². The van der Waals surface area contributed by atoms with Crippen molar-refractivity contribution in [3.63, 3.8) is 0 Å². The van der Waals surface area contributed by atoms with Crippen molar-refractivity contribution in [1.82, 2.24) is 4.90 Å². The van der Waals surface area contributed by atoms with Crippen LogP contribution in [0.1, 0.15) is 0 Å². The summed E-state index contributed by atoms with van der Waals surface area (Å²) in [7, 11) is 0. The first kappa shape index (κ1) is 19.2. The number of aliphatic hydroxyl groups excluding tert-OH is 3. The van der Waals surface area contributed by atoms with E-state index >= 15 is 0 Å². The molecule has 0 heterocycles. The number of nitrogens with zero attached hydrogens (tertiary/aromatic N) is 1. The molecule has 6 heteroatoms. The first-order valence-corrected chi connectivity index (χ1v) is 6.70. The maximum Gasteiger partial charge on any atom is 0.0900 e. The van der Waals surface area contributed by atoms with Gasteiger partial charge in [-0.25, -0.2) is 0 Å². The van der Waals surface area contributed by atoms with E-state index in [1.165, 1.54) is 0 Å². The highest BCUT2D eigenvalue weighted by atomic mass is 16.5. The average Bonchev–Trinajstić information content (AvgIpc) is 2.39. The van der Waals surface area contributed by atoms with E-state index in [1.807, 2.05) is 0 Å². The predicted molar refractivity (Wildman–Crippen MR) is 77.6 cm³/mol. The Hall–Kier alpha value is -0.760. The van der Waals surface area contributed by atoms with Gasteiger partial charge in [0, 0.05) is 19.6 Å². The SMILES string of the molecule is C=CCOCC(O)CN(CCO)CC(O)COCC=C. The molecule has 0 radical (unpaired) electrons. The molecule has 6 nitrogen and oxygen atoms in total. The lowest BCUT2D eigenvalue weighted by molar-refractivity contribution is -0.00604. The summed E-state index contributed by atoms with van der Waals surface area (Å²) in [5.74, 6) is 0. The third-order valence-corrected chi connectivity index (χ3v) is 2.45. The molecule has 3 N–H and O–H groups in total. The van der Waals surface area contributed by atoms with Crippen LogP contribution in [0.15, 0.2) is 25.3 Å². The predicted octanol–water partition coefficient (Wildman–Crippen LogP) is -0.592. The summed E-state index contributed by atoms with van der Waals surface area (Å²) in [5.41, 5.74) is 0. The van der Waals surface area contributed by atoms with Crippen LogP contribution in [0.3, 0.4) is 0 Å². The van der Waals surface area contributed by atoms with Gasteiger partial charge < -0.3 is 24.8 Å². The topological polar surface area (TPSA) is 82.4 Å². The normalized spacial score (nSPS) is 14.2. The summed E-state index contributed by atoms with van der Waals surface area (Å²) < 4.78 is 10.3. The maximum atomic E-state index is 9.79. The Bertz CT molecular complexity index is 228. The molecule has 0 bridgehead atoms. The smallest absolute Gasteiger partial charge is 0.0900 e. The zero-order valence-electron chi connectivity index (χ0n) is 12.0. The monoisotopic (exact) mass is 289 g/mol. The minimum absolute atomic E-state index is 0.0412. The van der Waals surface area contributed by atoms with Gasteiger partial charge in [0.15, 0.2) is 0 Å². The van der Waals surface area contributed by atoms with Crippen LogP contribution in [0.4, 0.5) is 0 Å². The molecule has 0 aromatic heterocycles. The second-order valence-electron chi connectivity index (χ2n) is 4.44. The number of ether oxygens (including phenoxy) is 2. The third kappa shape index (κ3) is 11.1. The Morgan fingerprint density at radius 3 is 1.75 bits per heavy atom. The number of rotatable bonds is 14. The first-order valence-electron chi connectivity index (χ1n) is 6.70. The van der Waals surface area contributed by atoms with Crippen LogP contribution in [0.2, 0.25) is 0 Å². The third-order valence-electron chi connectivity index (χ3n) is 2.45. The van der Waals surface area contributed by atoms with E-state index in [1.54, 1.807) is 17.1 Å². The van der Waals surface area contributed by atoms with Crippen molar-refractivity contribution >= 4 is 0 Å². The van der Waals surface area contributed by atoms with E-state index in [9.17, 15) is 10.2 Å². The maximum absolute atomic E-state index is 9.79. The van der Waals surface area contributed by atoms with E-state index in [0.29, 0.717) is 32.8 Å². The second kappa shape index (κ2) is 13.2. The van der Waals surface area contributed by atoms with Crippen molar-refractivity contribution in [1.29, 1.82) is 0 Å². The van der Waals surface area contributed by atoms with E-state index in [-0.39, 0.29) is 19.8 Å². The lowest BCUT2D eigenvalue weighted by Gasteiger charge is -2.26. The summed E-state index contributed by atoms with van der Waals surface area (Å²) >= 11 is 0. The molecule has 0 saturated heterocycles. The standard InChI is InChI=1S/C14H27NO5/c1-3-7-19-11-13(17)9-15(5-6-16)10-14(18)12-20-8-4-2/h3-4,13-14,16-18H,1-2,5-12H2. The minimum atomic E-state index is -0.678. The molecule has 0 aliphatic heterocycles. The van der Waals surface area contributed by atoms with Crippen molar-refractivity contribution in [3.8, 4) is 0 Å². The average molecular weight is 289 g/mol. The highest BCUT2D eigenvalue weighted by Gasteiger charge is 2.15. The van der Waals surface area contributed by atoms with Crippen LogP contribution in [0.5, 0.6) is 0 Å². The minimum Gasteiger partial charge on any atom is -0.395 e. The summed E-state index contributed by atoms with van der Waals surface area (Å²) in [6, 6.07) is 0. The summed E-state index contributed by atoms with van der Waals surface area (Å²) in [6.07, 6.45) is 1.86. The molecule has 0 saturated carbocycles. The molecule has 0 amide bonds. The first-order chi connectivity index (χ1) is 9.63. The van der Waals surface area contributed by atoms with Gasteiger partial charge in [-0.3, -0.25) is 4.90 Å². The van der Waals surface area contributed by atoms with Gasteiger partial charge in [-0.2, -0.15) is 0 Å². The number of hydrogen-bond acceptors (Lipinski definition) is 6. The van der Waals surface area contributed by atoms with Gasteiger partial charge in [-0.15, -0.1) is 13.2 Å². The van der Waals surface area contributed by atoms with Crippen LogP contribution in [-0.4, -0.2) is 85.1 Å². The van der Waals surface area contributed by atoms with Gasteiger partial charge in [0.25, 0.3) is 0 Å². The van der Waals surface area contributed by atoms with Gasteiger partial charge in [-0.1, -0.05) is 12.2 Å². The molecule has 0 aliphatic rings. The van der Waals surface area contributed by atoms with Gasteiger partial charge >= 0.3 is 0 Å². The summed E-state index contributed by atoms with van der Waals surface area (Å²) in [5, 5.41) is 28.6. The molecule has 2 unspecified atom stereocenters. The van der Waals surface area contributed by atoms with E-state index in [0.717, 1.165) is 0 Å². The molecule has 0 aliphatic carbocycles. The molecule has 2 atom stereocenters. The van der Waals surface area contributed by atoms with Crippen LogP contribution < -0.4 is 0 Å². The Morgan fingerprint density at radius 1 is 0.950 bits per heavy atom. The quantitative estimate of drug-likeness (QED) is 0.293. The Labute approximate surface area is 120 Å². The molecule has 0 fully saturated rings. The molecule has 0 aromatic carbocycles. The highest BCUT2D eigenvalue weighted by molar-refractivity contribution is 4.71. The van der Waals surface area contributed by atoms with Gasteiger partial charge in [0.05, 0.1) is 45.2 Å². The van der Waals surface area contributed by atoms with E-state index in [4.69, 9.17) is 14.6 Å². The molecule has 0 aromatic rings. The largest absolute Gasteiger partial charge is 0.395 e. The van der Waals surface area contributed by atoms with Gasteiger partial charge in [0.2, 0.25) is 0 Å². The summed E-state index contributed by atoms with van der Waals surface area (Å²) in [6.45, 7) is 9.15. The van der Waals surface area contributed by atoms with Crippen molar-refractivity contribution < 1.29 is 24.8 Å². The zero-order valence-corrected chi connectivity index (χ0v) is 12.0. The highest BCUT2D eigenvalue weighted by Crippen LogP contribution is 1.98. The molecule has 0 rings (SSSR count). The fourth-order valence-corrected chi connectivity index (χ4v) is 1.67. The molecular weight excluding hydrogens is 262 g/mol. The fraction of sp³-hybridized carbons (Fsp3) is 0.714. The van der Waals surface area contributed by atoms with Crippen molar-refractivity contribution in [3.05, 3.63) is 25.3 Å². The van der Waals surface area contributed by atoms with Crippen molar-refractivity contribution in [2.45, 2.75) is 12.2 Å². The number of hydrogen-bond donors (Lipinski definition) is 3.